The minimum Gasteiger partial charge on any atom is -0.492 e. The molecule has 3 aliphatic rings. The van der Waals surface area contributed by atoms with E-state index in [4.69, 9.17) is 19.2 Å². The second kappa shape index (κ2) is 6.64. The summed E-state index contributed by atoms with van der Waals surface area (Å²) in [6.07, 6.45) is 0. The monoisotopic (exact) mass is 420 g/mol. The first-order chi connectivity index (χ1) is 14.6. The lowest BCUT2D eigenvalue weighted by molar-refractivity contribution is 0.171. The van der Waals surface area contributed by atoms with Gasteiger partial charge in [-0.15, -0.1) is 11.3 Å². The Morgan fingerprint density at radius 2 is 1.83 bits per heavy atom. The van der Waals surface area contributed by atoms with Gasteiger partial charge in [0.1, 0.15) is 25.6 Å². The number of hydrogen-bond donors (Lipinski definition) is 0. The highest BCUT2D eigenvalue weighted by atomic mass is 32.1. The predicted molar refractivity (Wildman–Crippen MR) is 117 cm³/mol. The predicted octanol–water partition coefficient (Wildman–Crippen LogP) is 4.74. The molecule has 1 aromatic heterocycles. The van der Waals surface area contributed by atoms with Crippen LogP contribution >= 0.6 is 11.3 Å². The molecule has 0 amide bonds. The molecule has 0 saturated heterocycles. The van der Waals surface area contributed by atoms with E-state index in [1.807, 2.05) is 6.07 Å². The van der Waals surface area contributed by atoms with Crippen LogP contribution in [0.1, 0.15) is 41.6 Å². The average Bonchev–Trinajstić information content (AvgIpc) is 3.45. The zero-order valence-corrected chi connectivity index (χ0v) is 18.0. The van der Waals surface area contributed by atoms with Crippen LogP contribution in [-0.4, -0.2) is 31.3 Å². The second-order valence-corrected chi connectivity index (χ2v) is 9.46. The minimum atomic E-state index is -0.196. The topological polar surface area (TPSA) is 43.8 Å². The van der Waals surface area contributed by atoms with Gasteiger partial charge in [0.15, 0.2) is 11.5 Å². The second-order valence-electron chi connectivity index (χ2n) is 8.57. The molecule has 5 nitrogen and oxygen atoms in total. The molecule has 2 aromatic carbocycles. The fourth-order valence-corrected chi connectivity index (χ4v) is 5.67. The van der Waals surface area contributed by atoms with Crippen molar-refractivity contribution in [1.29, 1.82) is 0 Å². The Morgan fingerprint density at radius 1 is 1.03 bits per heavy atom. The Hall–Kier alpha value is -2.73. The largest absolute Gasteiger partial charge is 0.492 e. The standard InChI is InChI=1S/C24H24N2O3S/c1-15(2)23-25-16(12-30-23)11-26-13-24(17-5-3-4-6-19(17)26)14-29-20-10-22-21(9-18(20)24)27-7-8-28-22/h3-6,9-10,12,15H,7-8,11,13-14H2,1-2H3. The summed E-state index contributed by atoms with van der Waals surface area (Å²) in [5, 5.41) is 3.40. The number of aromatic nitrogens is 1. The van der Waals surface area contributed by atoms with Crippen LogP contribution in [0.5, 0.6) is 17.2 Å². The first kappa shape index (κ1) is 18.1. The smallest absolute Gasteiger partial charge is 0.165 e. The van der Waals surface area contributed by atoms with Gasteiger partial charge < -0.3 is 19.1 Å². The quantitative estimate of drug-likeness (QED) is 0.613. The molecule has 1 atom stereocenters. The molecule has 0 radical (unpaired) electrons. The van der Waals surface area contributed by atoms with Crippen molar-refractivity contribution in [3.05, 3.63) is 63.6 Å². The molecular formula is C24H24N2O3S. The van der Waals surface area contributed by atoms with Crippen molar-refractivity contribution in [3.8, 4) is 17.2 Å². The highest BCUT2D eigenvalue weighted by Gasteiger charge is 2.50. The Bertz CT molecular complexity index is 1130. The lowest BCUT2D eigenvalue weighted by atomic mass is 9.77. The minimum absolute atomic E-state index is 0.196. The number of para-hydroxylation sites is 1. The van der Waals surface area contributed by atoms with E-state index in [1.165, 1.54) is 21.8 Å². The molecule has 3 aromatic rings. The number of fused-ring (bicyclic) bond motifs is 5. The van der Waals surface area contributed by atoms with Crippen molar-refractivity contribution in [2.75, 3.05) is 31.3 Å². The summed E-state index contributed by atoms with van der Waals surface area (Å²) in [5.41, 5.74) is 4.72. The van der Waals surface area contributed by atoms with Gasteiger partial charge in [0.05, 0.1) is 22.7 Å². The average molecular weight is 421 g/mol. The molecule has 4 heterocycles. The lowest BCUT2D eigenvalue weighted by Crippen LogP contribution is -2.36. The van der Waals surface area contributed by atoms with Crippen LogP contribution in [-0.2, 0) is 12.0 Å². The van der Waals surface area contributed by atoms with Crippen molar-refractivity contribution < 1.29 is 14.2 Å². The molecule has 3 aliphatic heterocycles. The normalized spacial score (nSPS) is 21.1. The van der Waals surface area contributed by atoms with E-state index in [-0.39, 0.29) is 5.41 Å². The number of nitrogens with zero attached hydrogens (tertiary/aromatic N) is 2. The molecule has 0 bridgehead atoms. The number of rotatable bonds is 3. The highest BCUT2D eigenvalue weighted by molar-refractivity contribution is 7.09. The van der Waals surface area contributed by atoms with E-state index < -0.39 is 0 Å². The third kappa shape index (κ3) is 2.63. The van der Waals surface area contributed by atoms with Crippen LogP contribution in [0.2, 0.25) is 0 Å². The van der Waals surface area contributed by atoms with Gasteiger partial charge in [0.25, 0.3) is 0 Å². The van der Waals surface area contributed by atoms with Crippen LogP contribution in [0.25, 0.3) is 0 Å². The SMILES string of the molecule is CC(C)c1nc(CN2CC3(COc4cc5c(cc43)OCCO5)c3ccccc32)cs1. The molecule has 1 spiro atoms. The van der Waals surface area contributed by atoms with Crippen molar-refractivity contribution in [1.82, 2.24) is 4.98 Å². The summed E-state index contributed by atoms with van der Waals surface area (Å²) in [4.78, 5) is 7.32. The summed E-state index contributed by atoms with van der Waals surface area (Å²) in [7, 11) is 0. The van der Waals surface area contributed by atoms with Crippen LogP contribution in [0, 0.1) is 0 Å². The van der Waals surface area contributed by atoms with Crippen molar-refractivity contribution in [2.45, 2.75) is 31.7 Å². The fourth-order valence-electron chi connectivity index (χ4n) is 4.84. The molecule has 0 N–H and O–H groups in total. The van der Waals surface area contributed by atoms with Crippen molar-refractivity contribution >= 4 is 17.0 Å². The van der Waals surface area contributed by atoms with Crippen molar-refractivity contribution in [2.24, 2.45) is 0 Å². The summed E-state index contributed by atoms with van der Waals surface area (Å²) < 4.78 is 17.9. The maximum absolute atomic E-state index is 6.22. The Kier molecular flexibility index (Phi) is 4.00. The number of ether oxygens (including phenoxy) is 3. The Balaban J connectivity index is 1.40. The van der Waals surface area contributed by atoms with Gasteiger partial charge in [0.2, 0.25) is 0 Å². The molecule has 154 valence electrons. The summed E-state index contributed by atoms with van der Waals surface area (Å²) in [5.74, 6) is 2.97. The Labute approximate surface area is 180 Å². The summed E-state index contributed by atoms with van der Waals surface area (Å²) >= 11 is 1.76. The van der Waals surface area contributed by atoms with Gasteiger partial charge in [-0.25, -0.2) is 4.98 Å². The van der Waals surface area contributed by atoms with Gasteiger partial charge in [-0.1, -0.05) is 32.0 Å². The molecule has 6 heteroatoms. The molecule has 0 fully saturated rings. The number of anilines is 1. The fraction of sp³-hybridized carbons (Fsp3) is 0.375. The van der Waals surface area contributed by atoms with Gasteiger partial charge in [-0.05, 0) is 17.7 Å². The first-order valence-electron chi connectivity index (χ1n) is 10.5. The van der Waals surface area contributed by atoms with Crippen LogP contribution < -0.4 is 19.1 Å². The third-order valence-electron chi connectivity index (χ3n) is 6.27. The van der Waals surface area contributed by atoms with Crippen LogP contribution in [0.4, 0.5) is 5.69 Å². The van der Waals surface area contributed by atoms with E-state index in [0.29, 0.717) is 25.7 Å². The summed E-state index contributed by atoms with van der Waals surface area (Å²) in [6.45, 7) is 7.87. The molecule has 0 aliphatic carbocycles. The zero-order chi connectivity index (χ0) is 20.3. The summed E-state index contributed by atoms with van der Waals surface area (Å²) in [6, 6.07) is 12.8. The highest BCUT2D eigenvalue weighted by Crippen LogP contribution is 2.54. The van der Waals surface area contributed by atoms with Crippen molar-refractivity contribution in [3.63, 3.8) is 0 Å². The number of hydrogen-bond acceptors (Lipinski definition) is 6. The van der Waals surface area contributed by atoms with E-state index in [2.05, 4.69) is 54.5 Å². The van der Waals surface area contributed by atoms with Crippen LogP contribution in [0.3, 0.4) is 0 Å². The van der Waals surface area contributed by atoms with E-state index in [1.54, 1.807) is 11.3 Å². The van der Waals surface area contributed by atoms with Gasteiger partial charge in [-0.2, -0.15) is 0 Å². The Morgan fingerprint density at radius 3 is 2.63 bits per heavy atom. The molecule has 1 unspecified atom stereocenters. The molecule has 0 saturated carbocycles. The van der Waals surface area contributed by atoms with Crippen LogP contribution in [0.15, 0.2) is 41.8 Å². The molecule has 30 heavy (non-hydrogen) atoms. The van der Waals surface area contributed by atoms with E-state index in [9.17, 15) is 0 Å². The first-order valence-corrected chi connectivity index (χ1v) is 11.4. The third-order valence-corrected chi connectivity index (χ3v) is 7.47. The lowest BCUT2D eigenvalue weighted by Gasteiger charge is -2.26. The maximum Gasteiger partial charge on any atom is 0.165 e. The van der Waals surface area contributed by atoms with Gasteiger partial charge in [0, 0.05) is 35.2 Å². The molecular weight excluding hydrogens is 396 g/mol. The number of benzene rings is 2. The van der Waals surface area contributed by atoms with Gasteiger partial charge in [-0.3, -0.25) is 0 Å². The van der Waals surface area contributed by atoms with Gasteiger partial charge >= 0.3 is 0 Å². The molecule has 6 rings (SSSR count). The van der Waals surface area contributed by atoms with E-state index >= 15 is 0 Å². The zero-order valence-electron chi connectivity index (χ0n) is 17.2. The maximum atomic E-state index is 6.22. The van der Waals surface area contributed by atoms with E-state index in [0.717, 1.165) is 36.0 Å². The number of thiazole rings is 1.